The van der Waals surface area contributed by atoms with Gasteiger partial charge in [-0.2, -0.15) is 0 Å². The Labute approximate surface area is 84.5 Å². The zero-order valence-electron chi connectivity index (χ0n) is 8.77. The summed E-state index contributed by atoms with van der Waals surface area (Å²) in [5.41, 5.74) is 0.844. The van der Waals surface area contributed by atoms with Crippen molar-refractivity contribution in [2.24, 2.45) is 0 Å². The molecule has 0 aliphatic heterocycles. The largest absolute Gasteiger partial charge is 0.362 e. The molecule has 0 spiro atoms. The fourth-order valence-corrected chi connectivity index (χ4v) is 2.11. The number of rotatable bonds is 2. The molecule has 0 amide bonds. The molecule has 0 aliphatic rings. The molecule has 0 bridgehead atoms. The van der Waals surface area contributed by atoms with Crippen molar-refractivity contribution in [1.29, 1.82) is 0 Å². The first-order valence-corrected chi connectivity index (χ1v) is 6.05. The van der Waals surface area contributed by atoms with Crippen LogP contribution in [0.2, 0.25) is 0 Å². The molecule has 0 radical (unpaired) electrons. The zero-order valence-corrected chi connectivity index (χ0v) is 9.59. The molecule has 5 heteroatoms. The molecule has 0 aliphatic carbocycles. The molecule has 0 atom stereocenters. The maximum atomic E-state index is 11.4. The van der Waals surface area contributed by atoms with E-state index in [0.717, 1.165) is 5.56 Å². The summed E-state index contributed by atoms with van der Waals surface area (Å²) in [6.07, 6.45) is 2.85. The van der Waals surface area contributed by atoms with Crippen LogP contribution in [0, 0.1) is 6.92 Å². The predicted molar refractivity (Wildman–Crippen MR) is 56.4 cm³/mol. The third-order valence-electron chi connectivity index (χ3n) is 1.79. The molecule has 78 valence electrons. The van der Waals surface area contributed by atoms with Crippen molar-refractivity contribution in [3.8, 4) is 0 Å². The Morgan fingerprint density at radius 2 is 1.93 bits per heavy atom. The highest BCUT2D eigenvalue weighted by atomic mass is 32.2. The maximum absolute atomic E-state index is 11.4. The van der Waals surface area contributed by atoms with Crippen molar-refractivity contribution in [3.05, 3.63) is 17.8 Å². The van der Waals surface area contributed by atoms with Gasteiger partial charge in [-0.15, -0.1) is 0 Å². The van der Waals surface area contributed by atoms with E-state index in [0.29, 0.717) is 5.82 Å². The van der Waals surface area contributed by atoms with E-state index in [-0.39, 0.29) is 4.90 Å². The minimum atomic E-state index is -3.21. The van der Waals surface area contributed by atoms with Crippen molar-refractivity contribution < 1.29 is 8.42 Å². The number of aromatic nitrogens is 1. The number of hydrogen-bond acceptors (Lipinski definition) is 4. The van der Waals surface area contributed by atoms with Crippen LogP contribution in [0.3, 0.4) is 0 Å². The van der Waals surface area contributed by atoms with E-state index in [1.807, 2.05) is 6.92 Å². The lowest BCUT2D eigenvalue weighted by molar-refractivity contribution is 0.601. The maximum Gasteiger partial charge on any atom is 0.179 e. The number of nitrogens with zero attached hydrogens (tertiary/aromatic N) is 2. The second-order valence-corrected chi connectivity index (χ2v) is 5.49. The van der Waals surface area contributed by atoms with Crippen molar-refractivity contribution in [2.75, 3.05) is 25.3 Å². The Kier molecular flexibility index (Phi) is 2.80. The summed E-state index contributed by atoms with van der Waals surface area (Å²) in [7, 11) is 0.335. The summed E-state index contributed by atoms with van der Waals surface area (Å²) in [4.78, 5) is 6.06. The van der Waals surface area contributed by atoms with Crippen LogP contribution in [0.1, 0.15) is 5.56 Å². The Hall–Kier alpha value is -1.10. The van der Waals surface area contributed by atoms with Gasteiger partial charge < -0.3 is 4.90 Å². The van der Waals surface area contributed by atoms with Gasteiger partial charge in [0, 0.05) is 26.5 Å². The summed E-state index contributed by atoms with van der Waals surface area (Å²) in [6.45, 7) is 1.82. The van der Waals surface area contributed by atoms with E-state index in [4.69, 9.17) is 0 Å². The molecule has 1 rings (SSSR count). The van der Waals surface area contributed by atoms with Crippen LogP contribution in [0.5, 0.6) is 0 Å². The Balaban J connectivity index is 3.46. The average Bonchev–Trinajstić information content (AvgIpc) is 2.01. The highest BCUT2D eigenvalue weighted by Crippen LogP contribution is 2.21. The Morgan fingerprint density at radius 1 is 1.36 bits per heavy atom. The van der Waals surface area contributed by atoms with Crippen LogP contribution < -0.4 is 4.90 Å². The molecule has 0 saturated carbocycles. The fraction of sp³-hybridized carbons (Fsp3) is 0.444. The zero-order chi connectivity index (χ0) is 10.9. The third kappa shape index (κ3) is 2.23. The van der Waals surface area contributed by atoms with Crippen molar-refractivity contribution in [3.63, 3.8) is 0 Å². The van der Waals surface area contributed by atoms with E-state index in [1.54, 1.807) is 31.3 Å². The van der Waals surface area contributed by atoms with E-state index < -0.39 is 9.84 Å². The van der Waals surface area contributed by atoms with Crippen molar-refractivity contribution in [2.45, 2.75) is 11.8 Å². The van der Waals surface area contributed by atoms with Crippen LogP contribution >= 0.6 is 0 Å². The molecule has 1 aromatic rings. The van der Waals surface area contributed by atoms with Crippen LogP contribution in [0.25, 0.3) is 0 Å². The van der Waals surface area contributed by atoms with E-state index in [1.165, 1.54) is 6.26 Å². The molecule has 1 aromatic heterocycles. The Bertz CT molecular complexity index is 438. The molecule has 0 aromatic carbocycles. The first-order chi connectivity index (χ1) is 6.32. The predicted octanol–water partition coefficient (Wildman–Crippen LogP) is 0.860. The van der Waals surface area contributed by atoms with Gasteiger partial charge >= 0.3 is 0 Å². The van der Waals surface area contributed by atoms with E-state index in [2.05, 4.69) is 4.98 Å². The van der Waals surface area contributed by atoms with Crippen LogP contribution in [0.4, 0.5) is 5.82 Å². The van der Waals surface area contributed by atoms with Gasteiger partial charge in [-0.05, 0) is 18.6 Å². The van der Waals surface area contributed by atoms with Gasteiger partial charge in [0.2, 0.25) is 0 Å². The second kappa shape index (κ2) is 3.57. The number of sulfone groups is 1. The smallest absolute Gasteiger partial charge is 0.179 e. The minimum Gasteiger partial charge on any atom is -0.362 e. The van der Waals surface area contributed by atoms with Gasteiger partial charge in [-0.1, -0.05) is 0 Å². The summed E-state index contributed by atoms with van der Waals surface area (Å²) in [6, 6.07) is 1.64. The summed E-state index contributed by atoms with van der Waals surface area (Å²) in [5, 5.41) is 0. The topological polar surface area (TPSA) is 50.3 Å². The lowest BCUT2D eigenvalue weighted by Gasteiger charge is -2.15. The normalized spacial score (nSPS) is 11.4. The SMILES string of the molecule is Cc1cnc(N(C)C)c(S(C)(=O)=O)c1. The second-order valence-electron chi connectivity index (χ2n) is 3.50. The lowest BCUT2D eigenvalue weighted by Crippen LogP contribution is -2.15. The molecule has 14 heavy (non-hydrogen) atoms. The van der Waals surface area contributed by atoms with Gasteiger partial charge in [-0.3, -0.25) is 0 Å². The molecule has 0 saturated heterocycles. The quantitative estimate of drug-likeness (QED) is 0.732. The molecule has 4 nitrogen and oxygen atoms in total. The monoisotopic (exact) mass is 214 g/mol. The number of aryl methyl sites for hydroxylation is 1. The molecule has 1 heterocycles. The standard InChI is InChI=1S/C9H14N2O2S/c1-7-5-8(14(4,12)13)9(10-6-7)11(2)3/h5-6H,1-4H3. The van der Waals surface area contributed by atoms with E-state index in [9.17, 15) is 8.42 Å². The van der Waals surface area contributed by atoms with Crippen molar-refractivity contribution >= 4 is 15.7 Å². The minimum absolute atomic E-state index is 0.280. The van der Waals surface area contributed by atoms with Gasteiger partial charge in [0.25, 0.3) is 0 Å². The highest BCUT2D eigenvalue weighted by Gasteiger charge is 2.15. The first kappa shape index (κ1) is 11.0. The lowest BCUT2D eigenvalue weighted by atomic mass is 10.3. The Morgan fingerprint density at radius 3 is 2.36 bits per heavy atom. The van der Waals surface area contributed by atoms with Crippen molar-refractivity contribution in [1.82, 2.24) is 4.98 Å². The summed E-state index contributed by atoms with van der Waals surface area (Å²) >= 11 is 0. The van der Waals surface area contributed by atoms with E-state index >= 15 is 0 Å². The average molecular weight is 214 g/mol. The highest BCUT2D eigenvalue weighted by molar-refractivity contribution is 7.90. The molecular weight excluding hydrogens is 200 g/mol. The molecular formula is C9H14N2O2S. The van der Waals surface area contributed by atoms with Gasteiger partial charge in [0.15, 0.2) is 9.84 Å². The summed E-state index contributed by atoms with van der Waals surface area (Å²) < 4.78 is 22.9. The number of hydrogen-bond donors (Lipinski definition) is 0. The van der Waals surface area contributed by atoms with Crippen LogP contribution in [-0.4, -0.2) is 33.8 Å². The molecule has 0 fully saturated rings. The van der Waals surface area contributed by atoms with Gasteiger partial charge in [0.05, 0.1) is 0 Å². The fourth-order valence-electron chi connectivity index (χ4n) is 1.14. The van der Waals surface area contributed by atoms with Gasteiger partial charge in [0.1, 0.15) is 10.7 Å². The molecule has 0 N–H and O–H groups in total. The number of pyridine rings is 1. The summed E-state index contributed by atoms with van der Waals surface area (Å²) in [5.74, 6) is 0.484. The number of anilines is 1. The third-order valence-corrected chi connectivity index (χ3v) is 2.89. The van der Waals surface area contributed by atoms with Crippen LogP contribution in [0.15, 0.2) is 17.2 Å². The first-order valence-electron chi connectivity index (χ1n) is 4.16. The van der Waals surface area contributed by atoms with Gasteiger partial charge in [-0.25, -0.2) is 13.4 Å². The molecule has 0 unspecified atom stereocenters. The van der Waals surface area contributed by atoms with Crippen LogP contribution in [-0.2, 0) is 9.84 Å².